The van der Waals surface area contributed by atoms with Gasteiger partial charge < -0.3 is 16.0 Å². The summed E-state index contributed by atoms with van der Waals surface area (Å²) in [6.07, 6.45) is 3.91. The van der Waals surface area contributed by atoms with Gasteiger partial charge in [0.05, 0.1) is 6.20 Å². The van der Waals surface area contributed by atoms with Gasteiger partial charge in [-0.25, -0.2) is 4.98 Å². The lowest BCUT2D eigenvalue weighted by Crippen LogP contribution is -2.38. The number of piperidine rings is 1. The molecule has 0 spiro atoms. The summed E-state index contributed by atoms with van der Waals surface area (Å²) in [7, 11) is 0. The standard InChI is InChI=1S/C11H18N4OS/c1-8(16)13-6-9-2-4-15(5-3-9)11-14-7-10(12)17-11/h7,9H,2-6,12H2,1H3,(H,13,16). The number of nitrogens with one attached hydrogen (secondary N) is 1. The molecule has 0 saturated carbocycles. The Balaban J connectivity index is 1.80. The summed E-state index contributed by atoms with van der Waals surface area (Å²) in [4.78, 5) is 17.4. The lowest BCUT2D eigenvalue weighted by atomic mass is 9.97. The van der Waals surface area contributed by atoms with Gasteiger partial charge in [-0.2, -0.15) is 0 Å². The van der Waals surface area contributed by atoms with Crippen LogP contribution in [0.5, 0.6) is 0 Å². The zero-order valence-corrected chi connectivity index (χ0v) is 10.8. The highest BCUT2D eigenvalue weighted by Gasteiger charge is 2.21. The lowest BCUT2D eigenvalue weighted by molar-refractivity contribution is -0.119. The van der Waals surface area contributed by atoms with E-state index in [-0.39, 0.29) is 5.91 Å². The number of nitrogens with zero attached hydrogens (tertiary/aromatic N) is 2. The Morgan fingerprint density at radius 1 is 1.65 bits per heavy atom. The number of rotatable bonds is 3. The van der Waals surface area contributed by atoms with Gasteiger partial charge in [-0.05, 0) is 18.8 Å². The van der Waals surface area contributed by atoms with Gasteiger partial charge in [0, 0.05) is 26.6 Å². The summed E-state index contributed by atoms with van der Waals surface area (Å²) < 4.78 is 0. The van der Waals surface area contributed by atoms with Crippen molar-refractivity contribution in [3.63, 3.8) is 0 Å². The van der Waals surface area contributed by atoms with Gasteiger partial charge in [0.2, 0.25) is 5.91 Å². The summed E-state index contributed by atoms with van der Waals surface area (Å²) in [5, 5.41) is 4.66. The van der Waals surface area contributed by atoms with Crippen LogP contribution in [-0.4, -0.2) is 30.5 Å². The fraction of sp³-hybridized carbons (Fsp3) is 0.636. The Kier molecular flexibility index (Phi) is 3.83. The molecule has 1 saturated heterocycles. The monoisotopic (exact) mass is 254 g/mol. The molecule has 94 valence electrons. The maximum absolute atomic E-state index is 10.8. The van der Waals surface area contributed by atoms with Crippen LogP contribution in [0, 0.1) is 5.92 Å². The molecule has 0 aliphatic carbocycles. The number of amides is 1. The summed E-state index contributed by atoms with van der Waals surface area (Å²) in [6, 6.07) is 0. The minimum Gasteiger partial charge on any atom is -0.389 e. The minimum absolute atomic E-state index is 0.0557. The third-order valence-corrected chi connectivity index (χ3v) is 3.92. The number of carbonyl (C=O) groups excluding carboxylic acids is 1. The number of nitrogens with two attached hydrogens (primary N) is 1. The third-order valence-electron chi connectivity index (χ3n) is 3.04. The number of nitrogen functional groups attached to an aromatic ring is 1. The summed E-state index contributed by atoms with van der Waals surface area (Å²) in [5.74, 6) is 0.646. The van der Waals surface area contributed by atoms with Crippen LogP contribution < -0.4 is 16.0 Å². The summed E-state index contributed by atoms with van der Waals surface area (Å²) >= 11 is 1.54. The van der Waals surface area contributed by atoms with E-state index in [4.69, 9.17) is 5.73 Å². The van der Waals surface area contributed by atoms with Crippen LogP contribution >= 0.6 is 11.3 Å². The average Bonchev–Trinajstić information content (AvgIpc) is 2.74. The molecule has 0 unspecified atom stereocenters. The van der Waals surface area contributed by atoms with E-state index < -0.39 is 0 Å². The molecule has 3 N–H and O–H groups in total. The molecule has 1 aliphatic heterocycles. The molecule has 2 rings (SSSR count). The molecular formula is C11H18N4OS. The van der Waals surface area contributed by atoms with E-state index in [1.165, 1.54) is 11.3 Å². The van der Waals surface area contributed by atoms with Crippen LogP contribution in [0.15, 0.2) is 6.20 Å². The van der Waals surface area contributed by atoms with E-state index in [2.05, 4.69) is 15.2 Å². The second kappa shape index (κ2) is 5.35. The Bertz CT molecular complexity index is 385. The van der Waals surface area contributed by atoms with Crippen molar-refractivity contribution in [1.82, 2.24) is 10.3 Å². The smallest absolute Gasteiger partial charge is 0.216 e. The van der Waals surface area contributed by atoms with Crippen molar-refractivity contribution in [2.45, 2.75) is 19.8 Å². The highest BCUT2D eigenvalue weighted by Crippen LogP contribution is 2.28. The zero-order valence-electron chi connectivity index (χ0n) is 9.98. The van der Waals surface area contributed by atoms with E-state index in [1.54, 1.807) is 13.1 Å². The zero-order chi connectivity index (χ0) is 12.3. The number of hydrogen-bond acceptors (Lipinski definition) is 5. The van der Waals surface area contributed by atoms with Crippen molar-refractivity contribution >= 4 is 27.4 Å². The van der Waals surface area contributed by atoms with Crippen molar-refractivity contribution in [3.8, 4) is 0 Å². The van der Waals surface area contributed by atoms with Crippen molar-refractivity contribution < 1.29 is 4.79 Å². The first-order valence-electron chi connectivity index (χ1n) is 5.86. The van der Waals surface area contributed by atoms with Gasteiger partial charge in [0.1, 0.15) is 5.00 Å². The first kappa shape index (κ1) is 12.2. The number of hydrogen-bond donors (Lipinski definition) is 2. The van der Waals surface area contributed by atoms with E-state index in [9.17, 15) is 4.79 Å². The van der Waals surface area contributed by atoms with Crippen LogP contribution in [0.3, 0.4) is 0 Å². The maximum atomic E-state index is 10.8. The first-order valence-corrected chi connectivity index (χ1v) is 6.67. The van der Waals surface area contributed by atoms with Crippen LogP contribution in [0.2, 0.25) is 0 Å². The van der Waals surface area contributed by atoms with Gasteiger partial charge in [0.25, 0.3) is 0 Å². The van der Waals surface area contributed by atoms with Crippen LogP contribution in [-0.2, 0) is 4.79 Å². The highest BCUT2D eigenvalue weighted by molar-refractivity contribution is 7.19. The molecular weight excluding hydrogens is 236 g/mol. The second-order valence-electron chi connectivity index (χ2n) is 4.41. The molecule has 1 aromatic heterocycles. The van der Waals surface area contributed by atoms with Crippen molar-refractivity contribution in [3.05, 3.63) is 6.20 Å². The highest BCUT2D eigenvalue weighted by atomic mass is 32.1. The predicted molar refractivity (Wildman–Crippen MR) is 70.1 cm³/mol. The molecule has 5 nitrogen and oxygen atoms in total. The Morgan fingerprint density at radius 3 is 2.88 bits per heavy atom. The average molecular weight is 254 g/mol. The number of anilines is 2. The van der Waals surface area contributed by atoms with Crippen molar-refractivity contribution in [2.75, 3.05) is 30.3 Å². The van der Waals surface area contributed by atoms with E-state index in [0.717, 1.165) is 42.6 Å². The summed E-state index contributed by atoms with van der Waals surface area (Å²) in [6.45, 7) is 4.35. The predicted octanol–water partition coefficient (Wildman–Crippen LogP) is 1.08. The summed E-state index contributed by atoms with van der Waals surface area (Å²) in [5.41, 5.74) is 5.68. The maximum Gasteiger partial charge on any atom is 0.216 e. The van der Waals surface area contributed by atoms with E-state index in [1.807, 2.05) is 0 Å². The molecule has 17 heavy (non-hydrogen) atoms. The molecule has 6 heteroatoms. The largest absolute Gasteiger partial charge is 0.389 e. The van der Waals surface area contributed by atoms with Gasteiger partial charge in [0.15, 0.2) is 5.13 Å². The fourth-order valence-electron chi connectivity index (χ4n) is 2.04. The minimum atomic E-state index is 0.0557. The van der Waals surface area contributed by atoms with Crippen molar-refractivity contribution in [1.29, 1.82) is 0 Å². The van der Waals surface area contributed by atoms with Crippen LogP contribution in [0.4, 0.5) is 10.1 Å². The topological polar surface area (TPSA) is 71.2 Å². The van der Waals surface area contributed by atoms with Crippen molar-refractivity contribution in [2.24, 2.45) is 5.92 Å². The van der Waals surface area contributed by atoms with Gasteiger partial charge >= 0.3 is 0 Å². The Hall–Kier alpha value is -1.30. The number of thiazole rings is 1. The SMILES string of the molecule is CC(=O)NCC1CCN(c2ncc(N)s2)CC1. The molecule has 1 amide bonds. The number of aromatic nitrogens is 1. The number of carbonyl (C=O) groups is 1. The fourth-order valence-corrected chi connectivity index (χ4v) is 2.77. The molecule has 2 heterocycles. The van der Waals surface area contributed by atoms with Crippen LogP contribution in [0.1, 0.15) is 19.8 Å². The molecule has 0 aromatic carbocycles. The molecule has 0 bridgehead atoms. The quantitative estimate of drug-likeness (QED) is 0.846. The molecule has 0 atom stereocenters. The molecule has 0 radical (unpaired) electrons. The lowest BCUT2D eigenvalue weighted by Gasteiger charge is -2.31. The van der Waals surface area contributed by atoms with E-state index >= 15 is 0 Å². The molecule has 1 aliphatic rings. The first-order chi connectivity index (χ1) is 8.15. The third kappa shape index (κ3) is 3.33. The van der Waals surface area contributed by atoms with Gasteiger partial charge in [-0.3, -0.25) is 4.79 Å². The van der Waals surface area contributed by atoms with Gasteiger partial charge in [-0.15, -0.1) is 0 Å². The Labute approximate surface area is 105 Å². The molecule has 1 aromatic rings. The van der Waals surface area contributed by atoms with Crippen LogP contribution in [0.25, 0.3) is 0 Å². The van der Waals surface area contributed by atoms with E-state index in [0.29, 0.717) is 5.92 Å². The molecule has 1 fully saturated rings. The second-order valence-corrected chi connectivity index (χ2v) is 5.45. The van der Waals surface area contributed by atoms with Gasteiger partial charge in [-0.1, -0.05) is 11.3 Å². The Morgan fingerprint density at radius 2 is 2.35 bits per heavy atom. The normalized spacial score (nSPS) is 17.1.